The van der Waals surface area contributed by atoms with Crippen LogP contribution in [-0.2, 0) is 4.79 Å². The van der Waals surface area contributed by atoms with Gasteiger partial charge < -0.3 is 5.73 Å². The van der Waals surface area contributed by atoms with E-state index in [4.69, 9.17) is 5.73 Å². The smallest absolute Gasteiger partial charge is 0.161 e. The van der Waals surface area contributed by atoms with Crippen LogP contribution in [0.2, 0.25) is 0 Å². The van der Waals surface area contributed by atoms with Crippen molar-refractivity contribution in [3.8, 4) is 0 Å². The lowest BCUT2D eigenvalue weighted by atomic mass is 10.1. The van der Waals surface area contributed by atoms with E-state index in [0.717, 1.165) is 0 Å². The molecule has 0 saturated heterocycles. The van der Waals surface area contributed by atoms with Gasteiger partial charge in [-0.05, 0) is 25.5 Å². The summed E-state index contributed by atoms with van der Waals surface area (Å²) in [4.78, 5) is 10.7. The molecule has 0 amide bonds. The van der Waals surface area contributed by atoms with E-state index < -0.39 is 0 Å². The number of carbonyl (C=O) groups excluding carboxylic acids is 1. The molecule has 0 aromatic rings. The molecule has 0 spiro atoms. The fourth-order valence-electron chi connectivity index (χ4n) is 0.389. The minimum absolute atomic E-state index is 0.000417. The zero-order valence-corrected chi connectivity index (χ0v) is 5.68. The molecule has 0 bridgehead atoms. The molecular formula is C7H12NO. The van der Waals surface area contributed by atoms with Crippen LogP contribution in [0.15, 0.2) is 12.2 Å². The van der Waals surface area contributed by atoms with Gasteiger partial charge in [-0.15, -0.1) is 0 Å². The van der Waals surface area contributed by atoms with E-state index in [1.165, 1.54) is 0 Å². The number of hydrogen-bond donors (Lipinski definition) is 1. The lowest BCUT2D eigenvalue weighted by Crippen LogP contribution is -2.05. The second-order valence-electron chi connectivity index (χ2n) is 1.93. The predicted octanol–water partition coefficient (Wildman–Crippen LogP) is 0.685. The van der Waals surface area contributed by atoms with Gasteiger partial charge in [-0.1, -0.05) is 6.58 Å². The quantitative estimate of drug-likeness (QED) is 0.563. The third kappa shape index (κ3) is 3.91. The van der Waals surface area contributed by atoms with Crippen molar-refractivity contribution in [1.82, 2.24) is 0 Å². The van der Waals surface area contributed by atoms with Crippen molar-refractivity contribution in [2.45, 2.75) is 13.3 Å². The summed E-state index contributed by atoms with van der Waals surface area (Å²) in [5, 5.41) is 0. The van der Waals surface area contributed by atoms with Crippen LogP contribution in [0.4, 0.5) is 0 Å². The maximum absolute atomic E-state index is 10.7. The topological polar surface area (TPSA) is 43.1 Å². The van der Waals surface area contributed by atoms with Crippen LogP contribution >= 0.6 is 0 Å². The van der Waals surface area contributed by atoms with E-state index in [9.17, 15) is 4.79 Å². The standard InChI is InChI=1S/C7H12NO/c1-6(2)7(9)4-3-5-8/h4H,1,3,5,8H2,2H3. The van der Waals surface area contributed by atoms with Gasteiger partial charge in [-0.25, -0.2) is 0 Å². The Hall–Kier alpha value is -0.630. The van der Waals surface area contributed by atoms with Crippen LogP contribution in [0.3, 0.4) is 0 Å². The van der Waals surface area contributed by atoms with Crippen molar-refractivity contribution >= 4 is 5.78 Å². The Bertz CT molecular complexity index is 118. The lowest BCUT2D eigenvalue weighted by Gasteiger charge is -1.94. The first-order valence-electron chi connectivity index (χ1n) is 2.91. The van der Waals surface area contributed by atoms with Gasteiger partial charge in [0.1, 0.15) is 0 Å². The molecule has 0 rings (SSSR count). The van der Waals surface area contributed by atoms with E-state index >= 15 is 0 Å². The van der Waals surface area contributed by atoms with Gasteiger partial charge in [0.25, 0.3) is 0 Å². The SMILES string of the molecule is C=C(C)C(=O)[CH]CCN. The normalized spacial score (nSPS) is 9.11. The average molecular weight is 126 g/mol. The van der Waals surface area contributed by atoms with E-state index in [1.807, 2.05) is 0 Å². The van der Waals surface area contributed by atoms with Crippen molar-refractivity contribution in [2.75, 3.05) is 6.54 Å². The number of allylic oxidation sites excluding steroid dienone is 1. The zero-order chi connectivity index (χ0) is 7.28. The number of Topliss-reactive ketones (excluding diaryl/α,β-unsaturated/α-hetero) is 1. The van der Waals surface area contributed by atoms with Gasteiger partial charge in [-0.2, -0.15) is 0 Å². The van der Waals surface area contributed by atoms with Crippen LogP contribution in [-0.4, -0.2) is 12.3 Å². The van der Waals surface area contributed by atoms with Crippen LogP contribution in [0.5, 0.6) is 0 Å². The fourth-order valence-corrected chi connectivity index (χ4v) is 0.389. The molecular weight excluding hydrogens is 114 g/mol. The molecule has 2 N–H and O–H groups in total. The lowest BCUT2D eigenvalue weighted by molar-refractivity contribution is -0.112. The van der Waals surface area contributed by atoms with Gasteiger partial charge >= 0.3 is 0 Å². The monoisotopic (exact) mass is 126 g/mol. The molecule has 0 aromatic carbocycles. The molecule has 0 aliphatic rings. The maximum Gasteiger partial charge on any atom is 0.161 e. The van der Waals surface area contributed by atoms with E-state index in [-0.39, 0.29) is 5.78 Å². The number of carbonyl (C=O) groups is 1. The molecule has 9 heavy (non-hydrogen) atoms. The summed E-state index contributed by atoms with van der Waals surface area (Å²) >= 11 is 0. The largest absolute Gasteiger partial charge is 0.330 e. The second-order valence-corrected chi connectivity index (χ2v) is 1.93. The van der Waals surface area contributed by atoms with Crippen LogP contribution in [0.1, 0.15) is 13.3 Å². The number of ketones is 1. The van der Waals surface area contributed by atoms with E-state index in [0.29, 0.717) is 18.5 Å². The van der Waals surface area contributed by atoms with Crippen molar-refractivity contribution < 1.29 is 4.79 Å². The van der Waals surface area contributed by atoms with Gasteiger partial charge in [-0.3, -0.25) is 4.79 Å². The third-order valence-electron chi connectivity index (χ3n) is 0.917. The fraction of sp³-hybridized carbons (Fsp3) is 0.429. The van der Waals surface area contributed by atoms with Crippen LogP contribution in [0, 0.1) is 6.42 Å². The Balaban J connectivity index is 3.39. The maximum atomic E-state index is 10.7. The summed E-state index contributed by atoms with van der Waals surface area (Å²) in [7, 11) is 0. The Morgan fingerprint density at radius 2 is 2.33 bits per heavy atom. The molecule has 0 saturated carbocycles. The zero-order valence-electron chi connectivity index (χ0n) is 5.68. The molecule has 0 aromatic heterocycles. The molecule has 0 unspecified atom stereocenters. The van der Waals surface area contributed by atoms with Crippen molar-refractivity contribution in [3.63, 3.8) is 0 Å². The van der Waals surface area contributed by atoms with Gasteiger partial charge in [0.2, 0.25) is 0 Å². The molecule has 0 fully saturated rings. The summed E-state index contributed by atoms with van der Waals surface area (Å²) in [6, 6.07) is 0. The number of rotatable bonds is 4. The predicted molar refractivity (Wildman–Crippen MR) is 37.8 cm³/mol. The Kier molecular flexibility index (Phi) is 3.97. The second kappa shape index (κ2) is 4.27. The van der Waals surface area contributed by atoms with Crippen molar-refractivity contribution in [2.24, 2.45) is 5.73 Å². The summed E-state index contributed by atoms with van der Waals surface area (Å²) in [6.07, 6.45) is 2.20. The average Bonchev–Trinajstić information content (AvgIpc) is 1.82. The van der Waals surface area contributed by atoms with Crippen molar-refractivity contribution in [3.05, 3.63) is 18.6 Å². The highest BCUT2D eigenvalue weighted by atomic mass is 16.1. The van der Waals surface area contributed by atoms with E-state index in [2.05, 4.69) is 6.58 Å². The first kappa shape index (κ1) is 8.37. The Labute approximate surface area is 55.7 Å². The van der Waals surface area contributed by atoms with Gasteiger partial charge in [0.05, 0.1) is 0 Å². The molecule has 2 nitrogen and oxygen atoms in total. The molecule has 0 aliphatic heterocycles. The number of nitrogens with two attached hydrogens (primary N) is 1. The molecule has 1 radical (unpaired) electrons. The molecule has 0 heterocycles. The van der Waals surface area contributed by atoms with E-state index in [1.54, 1.807) is 13.3 Å². The van der Waals surface area contributed by atoms with Crippen molar-refractivity contribution in [1.29, 1.82) is 0 Å². The summed E-state index contributed by atoms with van der Waals surface area (Å²) in [5.41, 5.74) is 5.74. The summed E-state index contributed by atoms with van der Waals surface area (Å²) < 4.78 is 0. The molecule has 2 heteroatoms. The molecule has 0 atom stereocenters. The van der Waals surface area contributed by atoms with Gasteiger partial charge in [0.15, 0.2) is 5.78 Å². The Morgan fingerprint density at radius 3 is 2.67 bits per heavy atom. The highest BCUT2D eigenvalue weighted by molar-refractivity contribution is 6.00. The highest BCUT2D eigenvalue weighted by Gasteiger charge is 1.99. The summed E-state index contributed by atoms with van der Waals surface area (Å²) in [5.74, 6) is 0.000417. The third-order valence-corrected chi connectivity index (χ3v) is 0.917. The summed E-state index contributed by atoms with van der Waals surface area (Å²) in [6.45, 7) is 5.70. The minimum Gasteiger partial charge on any atom is -0.330 e. The van der Waals surface area contributed by atoms with Crippen LogP contribution < -0.4 is 5.73 Å². The van der Waals surface area contributed by atoms with Gasteiger partial charge in [0, 0.05) is 6.42 Å². The Morgan fingerprint density at radius 1 is 1.78 bits per heavy atom. The van der Waals surface area contributed by atoms with Crippen LogP contribution in [0.25, 0.3) is 0 Å². The molecule has 0 aliphatic carbocycles. The highest BCUT2D eigenvalue weighted by Crippen LogP contribution is 1.95. The first-order chi connectivity index (χ1) is 4.18. The number of hydrogen-bond acceptors (Lipinski definition) is 2. The first-order valence-corrected chi connectivity index (χ1v) is 2.91. The minimum atomic E-state index is 0.000417. The molecule has 51 valence electrons.